The van der Waals surface area contributed by atoms with E-state index in [2.05, 4.69) is 10.5 Å². The molecule has 0 unspecified atom stereocenters. The van der Waals surface area contributed by atoms with Crippen LogP contribution >= 0.6 is 11.6 Å². The van der Waals surface area contributed by atoms with Gasteiger partial charge in [0.2, 0.25) is 0 Å². The lowest BCUT2D eigenvalue weighted by Crippen LogP contribution is -2.23. The van der Waals surface area contributed by atoms with Crippen molar-refractivity contribution in [3.8, 4) is 11.3 Å². The maximum absolute atomic E-state index is 12.2. The van der Waals surface area contributed by atoms with E-state index in [9.17, 15) is 14.9 Å². The average Bonchev–Trinajstić information content (AvgIpc) is 3.09. The van der Waals surface area contributed by atoms with Crippen LogP contribution in [0.1, 0.15) is 16.1 Å². The molecule has 1 amide bonds. The van der Waals surface area contributed by atoms with Gasteiger partial charge >= 0.3 is 0 Å². The van der Waals surface area contributed by atoms with Crippen LogP contribution in [0.2, 0.25) is 5.02 Å². The molecule has 0 bridgehead atoms. The standard InChI is InChI=1S/C17H12ClN3O4/c18-15-7-6-13(21(23)24)9-14(15)17(22)19-10-12-8-16(25-20-12)11-4-2-1-3-5-11/h1-9H,10H2,(H,19,22). The van der Waals surface area contributed by atoms with Gasteiger partial charge in [-0.15, -0.1) is 0 Å². The van der Waals surface area contributed by atoms with Crippen molar-refractivity contribution in [3.05, 3.63) is 81.0 Å². The van der Waals surface area contributed by atoms with Gasteiger partial charge in [0.15, 0.2) is 5.76 Å². The van der Waals surface area contributed by atoms with Crippen LogP contribution < -0.4 is 5.32 Å². The van der Waals surface area contributed by atoms with Gasteiger partial charge in [0.25, 0.3) is 11.6 Å². The van der Waals surface area contributed by atoms with E-state index in [-0.39, 0.29) is 22.8 Å². The summed E-state index contributed by atoms with van der Waals surface area (Å²) in [4.78, 5) is 22.4. The molecule has 0 spiro atoms. The molecule has 0 aliphatic carbocycles. The molecule has 3 aromatic rings. The molecule has 0 saturated carbocycles. The number of aromatic nitrogens is 1. The molecule has 7 nitrogen and oxygen atoms in total. The van der Waals surface area contributed by atoms with Crippen molar-refractivity contribution < 1.29 is 14.2 Å². The number of hydrogen-bond donors (Lipinski definition) is 1. The predicted molar refractivity (Wildman–Crippen MR) is 91.2 cm³/mol. The number of nitro benzene ring substituents is 1. The Bertz CT molecular complexity index is 925. The zero-order chi connectivity index (χ0) is 17.8. The Balaban J connectivity index is 1.70. The number of hydrogen-bond acceptors (Lipinski definition) is 5. The molecular formula is C17H12ClN3O4. The van der Waals surface area contributed by atoms with Crippen LogP contribution in [0.4, 0.5) is 5.69 Å². The van der Waals surface area contributed by atoms with E-state index >= 15 is 0 Å². The second-order valence-corrected chi connectivity index (χ2v) is 5.56. The fourth-order valence-corrected chi connectivity index (χ4v) is 2.40. The zero-order valence-electron chi connectivity index (χ0n) is 12.8. The molecule has 8 heteroatoms. The molecule has 0 aliphatic heterocycles. The number of nitrogens with zero attached hydrogens (tertiary/aromatic N) is 2. The Kier molecular flexibility index (Phi) is 4.76. The molecule has 3 rings (SSSR count). The minimum absolute atomic E-state index is 0.0302. The van der Waals surface area contributed by atoms with Crippen LogP contribution in [-0.4, -0.2) is 16.0 Å². The van der Waals surface area contributed by atoms with Crippen molar-refractivity contribution in [2.75, 3.05) is 0 Å². The monoisotopic (exact) mass is 357 g/mol. The molecule has 1 N–H and O–H groups in total. The van der Waals surface area contributed by atoms with Gasteiger partial charge in [0, 0.05) is 23.8 Å². The van der Waals surface area contributed by atoms with E-state index < -0.39 is 10.8 Å². The second-order valence-electron chi connectivity index (χ2n) is 5.15. The Morgan fingerprint density at radius 2 is 1.96 bits per heavy atom. The first kappa shape index (κ1) is 16.7. The van der Waals surface area contributed by atoms with Crippen LogP contribution in [0.3, 0.4) is 0 Å². The third-order valence-corrected chi connectivity index (χ3v) is 3.78. The van der Waals surface area contributed by atoms with Gasteiger partial charge in [0.1, 0.15) is 5.69 Å². The number of benzene rings is 2. The Labute approximate surface area is 147 Å². The summed E-state index contributed by atoms with van der Waals surface area (Å²) in [5.74, 6) is 0.0520. The van der Waals surface area contributed by atoms with Crippen molar-refractivity contribution in [1.29, 1.82) is 0 Å². The number of nitrogens with one attached hydrogen (secondary N) is 1. The highest BCUT2D eigenvalue weighted by atomic mass is 35.5. The first-order chi connectivity index (χ1) is 12.0. The maximum Gasteiger partial charge on any atom is 0.270 e. The van der Waals surface area contributed by atoms with E-state index in [4.69, 9.17) is 16.1 Å². The van der Waals surface area contributed by atoms with Crippen LogP contribution in [0, 0.1) is 10.1 Å². The fourth-order valence-electron chi connectivity index (χ4n) is 2.20. The van der Waals surface area contributed by atoms with E-state index in [1.54, 1.807) is 6.07 Å². The Morgan fingerprint density at radius 3 is 2.68 bits per heavy atom. The number of amides is 1. The highest BCUT2D eigenvalue weighted by molar-refractivity contribution is 6.33. The van der Waals surface area contributed by atoms with Gasteiger partial charge in [-0.2, -0.15) is 0 Å². The maximum atomic E-state index is 12.2. The normalized spacial score (nSPS) is 10.4. The average molecular weight is 358 g/mol. The Hall–Kier alpha value is -3.19. The van der Waals surface area contributed by atoms with Gasteiger partial charge in [-0.3, -0.25) is 14.9 Å². The molecule has 2 aromatic carbocycles. The van der Waals surface area contributed by atoms with E-state index in [0.717, 1.165) is 11.6 Å². The minimum Gasteiger partial charge on any atom is -0.356 e. The number of non-ortho nitro benzene ring substituents is 1. The molecule has 25 heavy (non-hydrogen) atoms. The van der Waals surface area contributed by atoms with Crippen LogP contribution in [0.15, 0.2) is 59.1 Å². The quantitative estimate of drug-likeness (QED) is 0.552. The lowest BCUT2D eigenvalue weighted by molar-refractivity contribution is -0.384. The number of carbonyl (C=O) groups is 1. The van der Waals surface area contributed by atoms with E-state index in [0.29, 0.717) is 11.5 Å². The summed E-state index contributed by atoms with van der Waals surface area (Å²) in [7, 11) is 0. The van der Waals surface area contributed by atoms with Gasteiger partial charge in [0.05, 0.1) is 22.1 Å². The summed E-state index contributed by atoms with van der Waals surface area (Å²) >= 11 is 5.94. The SMILES string of the molecule is O=C(NCc1cc(-c2ccccc2)on1)c1cc([N+](=O)[O-])ccc1Cl. The molecule has 1 heterocycles. The van der Waals surface area contributed by atoms with Crippen molar-refractivity contribution in [1.82, 2.24) is 10.5 Å². The van der Waals surface area contributed by atoms with Crippen LogP contribution in [0.25, 0.3) is 11.3 Å². The largest absolute Gasteiger partial charge is 0.356 e. The summed E-state index contributed by atoms with van der Waals surface area (Å²) in [5.41, 5.74) is 1.22. The summed E-state index contributed by atoms with van der Waals surface area (Å²) < 4.78 is 5.25. The summed E-state index contributed by atoms with van der Waals surface area (Å²) in [6.07, 6.45) is 0. The third kappa shape index (κ3) is 3.84. The summed E-state index contributed by atoms with van der Waals surface area (Å²) in [6.45, 7) is 0.105. The number of nitro groups is 1. The third-order valence-electron chi connectivity index (χ3n) is 3.45. The molecule has 0 saturated heterocycles. The molecule has 126 valence electrons. The smallest absolute Gasteiger partial charge is 0.270 e. The van der Waals surface area contributed by atoms with Crippen molar-refractivity contribution in [2.24, 2.45) is 0 Å². The van der Waals surface area contributed by atoms with Crippen molar-refractivity contribution in [2.45, 2.75) is 6.54 Å². The first-order valence-corrected chi connectivity index (χ1v) is 7.65. The van der Waals surface area contributed by atoms with Gasteiger partial charge in [-0.25, -0.2) is 0 Å². The summed E-state index contributed by atoms with van der Waals surface area (Å²) in [5, 5.41) is 17.5. The lowest BCUT2D eigenvalue weighted by atomic mass is 10.1. The molecule has 0 aliphatic rings. The zero-order valence-corrected chi connectivity index (χ0v) is 13.6. The number of carbonyl (C=O) groups excluding carboxylic acids is 1. The molecular weight excluding hydrogens is 346 g/mol. The highest BCUT2D eigenvalue weighted by Crippen LogP contribution is 2.22. The molecule has 0 fully saturated rings. The lowest BCUT2D eigenvalue weighted by Gasteiger charge is -2.05. The molecule has 1 aromatic heterocycles. The highest BCUT2D eigenvalue weighted by Gasteiger charge is 2.16. The summed E-state index contributed by atoms with van der Waals surface area (Å²) in [6, 6.07) is 14.8. The van der Waals surface area contributed by atoms with Crippen molar-refractivity contribution >= 4 is 23.2 Å². The number of halogens is 1. The molecule has 0 atom stereocenters. The van der Waals surface area contributed by atoms with Crippen LogP contribution in [0.5, 0.6) is 0 Å². The van der Waals surface area contributed by atoms with E-state index in [1.165, 1.54) is 12.1 Å². The van der Waals surface area contributed by atoms with Crippen molar-refractivity contribution in [3.63, 3.8) is 0 Å². The molecule has 0 radical (unpaired) electrons. The topological polar surface area (TPSA) is 98.3 Å². The van der Waals surface area contributed by atoms with Gasteiger partial charge in [-0.05, 0) is 6.07 Å². The van der Waals surface area contributed by atoms with Gasteiger partial charge in [-0.1, -0.05) is 47.1 Å². The van der Waals surface area contributed by atoms with Crippen LogP contribution in [-0.2, 0) is 6.54 Å². The minimum atomic E-state index is -0.586. The number of rotatable bonds is 5. The fraction of sp³-hybridized carbons (Fsp3) is 0.0588. The van der Waals surface area contributed by atoms with E-state index in [1.807, 2.05) is 30.3 Å². The first-order valence-electron chi connectivity index (χ1n) is 7.28. The van der Waals surface area contributed by atoms with Gasteiger partial charge < -0.3 is 9.84 Å². The second kappa shape index (κ2) is 7.14. The predicted octanol–water partition coefficient (Wildman–Crippen LogP) is 3.83. The Morgan fingerprint density at radius 1 is 1.20 bits per heavy atom.